The number of fused-ring (bicyclic) bond motifs is 1. The van der Waals surface area contributed by atoms with Crippen LogP contribution in [0.25, 0.3) is 0 Å². The fourth-order valence-electron chi connectivity index (χ4n) is 5.40. The Hall–Kier alpha value is -2.47. The van der Waals surface area contributed by atoms with Gasteiger partial charge in [0, 0.05) is 24.7 Å². The quantitative estimate of drug-likeness (QED) is 0.808. The Balaban J connectivity index is 1.53. The van der Waals surface area contributed by atoms with Crippen molar-refractivity contribution < 1.29 is 14.7 Å². The van der Waals surface area contributed by atoms with Crippen LogP contribution >= 0.6 is 0 Å². The molecule has 1 saturated carbocycles. The van der Waals surface area contributed by atoms with E-state index in [-0.39, 0.29) is 24.2 Å². The summed E-state index contributed by atoms with van der Waals surface area (Å²) >= 11 is 0. The number of carbonyl (C=O) groups excluding carboxylic acids is 2. The SMILES string of the molecule is CC(=O)c1c(C)nn(CC(=O)N2C[C@@H]3CCC[C@@](O)(c4ccccc4)[C@@H]3C2)c1C. The third-order valence-electron chi connectivity index (χ3n) is 6.83. The maximum absolute atomic E-state index is 13.0. The Morgan fingerprint density at radius 1 is 1.21 bits per heavy atom. The normalized spacial score (nSPS) is 26.4. The second kappa shape index (κ2) is 7.41. The summed E-state index contributed by atoms with van der Waals surface area (Å²) in [6, 6.07) is 9.87. The van der Waals surface area contributed by atoms with Gasteiger partial charge in [-0.25, -0.2) is 0 Å². The molecule has 0 bridgehead atoms. The van der Waals surface area contributed by atoms with Gasteiger partial charge in [-0.3, -0.25) is 14.3 Å². The average molecular weight is 396 g/mol. The van der Waals surface area contributed by atoms with Gasteiger partial charge in [-0.1, -0.05) is 30.3 Å². The molecule has 1 amide bonds. The first kappa shape index (κ1) is 19.8. The molecule has 2 heterocycles. The summed E-state index contributed by atoms with van der Waals surface area (Å²) in [6.45, 7) is 6.53. The van der Waals surface area contributed by atoms with E-state index in [0.29, 0.717) is 30.3 Å². The number of aliphatic hydroxyl groups is 1. The summed E-state index contributed by atoms with van der Waals surface area (Å²) in [4.78, 5) is 26.8. The van der Waals surface area contributed by atoms with Crippen LogP contribution in [-0.2, 0) is 16.9 Å². The lowest BCUT2D eigenvalue weighted by Crippen LogP contribution is -2.43. The molecule has 1 aliphatic carbocycles. The molecule has 0 unspecified atom stereocenters. The van der Waals surface area contributed by atoms with Crippen LogP contribution < -0.4 is 0 Å². The number of benzene rings is 1. The Bertz CT molecular complexity index is 936. The molecule has 2 aliphatic rings. The Labute approximate surface area is 171 Å². The van der Waals surface area contributed by atoms with Gasteiger partial charge in [-0.15, -0.1) is 0 Å². The molecule has 1 aromatic heterocycles. The van der Waals surface area contributed by atoms with Gasteiger partial charge in [-0.05, 0) is 51.5 Å². The fraction of sp³-hybridized carbons (Fsp3) is 0.522. The number of ketones is 1. The van der Waals surface area contributed by atoms with Crippen molar-refractivity contribution >= 4 is 11.7 Å². The lowest BCUT2D eigenvalue weighted by Gasteiger charge is -2.41. The van der Waals surface area contributed by atoms with E-state index in [2.05, 4.69) is 5.10 Å². The van der Waals surface area contributed by atoms with Crippen molar-refractivity contribution in [2.75, 3.05) is 13.1 Å². The lowest BCUT2D eigenvalue weighted by atomic mass is 9.67. The minimum absolute atomic E-state index is 0.00415. The topological polar surface area (TPSA) is 75.4 Å². The maximum atomic E-state index is 13.0. The molecule has 2 fully saturated rings. The summed E-state index contributed by atoms with van der Waals surface area (Å²) in [5.74, 6) is 0.330. The number of rotatable bonds is 4. The van der Waals surface area contributed by atoms with E-state index < -0.39 is 5.60 Å². The number of amides is 1. The molecule has 6 nitrogen and oxygen atoms in total. The first-order valence-electron chi connectivity index (χ1n) is 10.4. The Morgan fingerprint density at radius 3 is 2.59 bits per heavy atom. The zero-order valence-corrected chi connectivity index (χ0v) is 17.4. The summed E-state index contributed by atoms with van der Waals surface area (Å²) in [5, 5.41) is 16.0. The Kier molecular flexibility index (Phi) is 5.07. The molecule has 6 heteroatoms. The largest absolute Gasteiger partial charge is 0.385 e. The van der Waals surface area contributed by atoms with E-state index in [9.17, 15) is 14.7 Å². The summed E-state index contributed by atoms with van der Waals surface area (Å²) in [7, 11) is 0. The molecule has 154 valence electrons. The highest BCUT2D eigenvalue weighted by molar-refractivity contribution is 5.96. The highest BCUT2D eigenvalue weighted by atomic mass is 16.3. The van der Waals surface area contributed by atoms with E-state index in [1.54, 1.807) is 11.6 Å². The minimum Gasteiger partial charge on any atom is -0.385 e. The summed E-state index contributed by atoms with van der Waals surface area (Å²) in [5.41, 5.74) is 2.08. The zero-order chi connectivity index (χ0) is 20.8. The van der Waals surface area contributed by atoms with Gasteiger partial charge in [0.1, 0.15) is 6.54 Å². The van der Waals surface area contributed by atoms with Crippen molar-refractivity contribution in [2.45, 2.75) is 52.2 Å². The van der Waals surface area contributed by atoms with Gasteiger partial charge in [0.05, 0.1) is 16.9 Å². The summed E-state index contributed by atoms with van der Waals surface area (Å²) < 4.78 is 1.64. The van der Waals surface area contributed by atoms with Crippen LogP contribution in [0.2, 0.25) is 0 Å². The van der Waals surface area contributed by atoms with Crippen LogP contribution in [0, 0.1) is 25.7 Å². The van der Waals surface area contributed by atoms with E-state index in [4.69, 9.17) is 0 Å². The van der Waals surface area contributed by atoms with E-state index in [0.717, 1.165) is 30.5 Å². The van der Waals surface area contributed by atoms with Crippen LogP contribution in [-0.4, -0.2) is 44.6 Å². The first-order chi connectivity index (χ1) is 13.8. The molecule has 0 spiro atoms. The first-order valence-corrected chi connectivity index (χ1v) is 10.4. The molecule has 1 aromatic carbocycles. The van der Waals surface area contributed by atoms with Crippen LogP contribution in [0.3, 0.4) is 0 Å². The molecule has 3 atom stereocenters. The van der Waals surface area contributed by atoms with Crippen LogP contribution in [0.4, 0.5) is 0 Å². The summed E-state index contributed by atoms with van der Waals surface area (Å²) in [6.07, 6.45) is 2.74. The van der Waals surface area contributed by atoms with Gasteiger partial charge in [-0.2, -0.15) is 5.10 Å². The predicted molar refractivity (Wildman–Crippen MR) is 109 cm³/mol. The molecule has 1 saturated heterocycles. The number of Topliss-reactive ketones (excluding diaryl/α,β-unsaturated/α-hetero) is 1. The van der Waals surface area contributed by atoms with Crippen molar-refractivity contribution in [1.82, 2.24) is 14.7 Å². The van der Waals surface area contributed by atoms with Gasteiger partial charge in [0.25, 0.3) is 0 Å². The zero-order valence-electron chi connectivity index (χ0n) is 17.4. The molecule has 0 radical (unpaired) electrons. The monoisotopic (exact) mass is 395 g/mol. The predicted octanol–water partition coefficient (Wildman–Crippen LogP) is 2.85. The van der Waals surface area contributed by atoms with Crippen molar-refractivity contribution in [3.63, 3.8) is 0 Å². The standard InChI is InChI=1S/C23H29N3O3/c1-15-22(17(3)27)16(2)26(24-15)14-21(28)25-12-18-8-7-11-23(29,20(18)13-25)19-9-5-4-6-10-19/h4-6,9-10,18,20,29H,7-8,11-14H2,1-3H3/t18-,20+,23+/m0/s1. The molecule has 1 N–H and O–H groups in total. The van der Waals surface area contributed by atoms with Crippen LogP contribution in [0.15, 0.2) is 30.3 Å². The van der Waals surface area contributed by atoms with Crippen molar-refractivity contribution in [1.29, 1.82) is 0 Å². The van der Waals surface area contributed by atoms with E-state index >= 15 is 0 Å². The van der Waals surface area contributed by atoms with Crippen LogP contribution in [0.1, 0.15) is 53.5 Å². The third-order valence-corrected chi connectivity index (χ3v) is 6.83. The number of carbonyl (C=O) groups is 2. The van der Waals surface area contributed by atoms with Gasteiger partial charge in [0.15, 0.2) is 5.78 Å². The lowest BCUT2D eigenvalue weighted by molar-refractivity contribution is -0.131. The van der Waals surface area contributed by atoms with E-state index in [1.807, 2.05) is 42.2 Å². The van der Waals surface area contributed by atoms with Crippen LogP contribution in [0.5, 0.6) is 0 Å². The maximum Gasteiger partial charge on any atom is 0.244 e. The molecule has 4 rings (SSSR count). The number of aromatic nitrogens is 2. The number of nitrogens with zero attached hydrogens (tertiary/aromatic N) is 3. The van der Waals surface area contributed by atoms with Gasteiger partial charge < -0.3 is 10.0 Å². The second-order valence-corrected chi connectivity index (χ2v) is 8.61. The third kappa shape index (κ3) is 3.39. The molecular weight excluding hydrogens is 366 g/mol. The molecular formula is C23H29N3O3. The molecule has 2 aromatic rings. The number of hydrogen-bond donors (Lipinski definition) is 1. The highest BCUT2D eigenvalue weighted by Gasteiger charge is 2.50. The fourth-order valence-corrected chi connectivity index (χ4v) is 5.40. The minimum atomic E-state index is -0.876. The van der Waals surface area contributed by atoms with Crippen molar-refractivity contribution in [3.05, 3.63) is 52.8 Å². The second-order valence-electron chi connectivity index (χ2n) is 8.61. The van der Waals surface area contributed by atoms with Gasteiger partial charge >= 0.3 is 0 Å². The molecule has 29 heavy (non-hydrogen) atoms. The van der Waals surface area contributed by atoms with E-state index in [1.165, 1.54) is 6.92 Å². The van der Waals surface area contributed by atoms with Gasteiger partial charge in [0.2, 0.25) is 5.91 Å². The highest BCUT2D eigenvalue weighted by Crippen LogP contribution is 2.48. The Morgan fingerprint density at radius 2 is 1.93 bits per heavy atom. The number of likely N-dealkylation sites (tertiary alicyclic amines) is 1. The average Bonchev–Trinajstić information content (AvgIpc) is 3.25. The van der Waals surface area contributed by atoms with Crippen molar-refractivity contribution in [3.8, 4) is 0 Å². The molecule has 1 aliphatic heterocycles. The number of hydrogen-bond acceptors (Lipinski definition) is 4. The van der Waals surface area contributed by atoms with Crippen molar-refractivity contribution in [2.24, 2.45) is 11.8 Å². The smallest absolute Gasteiger partial charge is 0.244 e. The number of aryl methyl sites for hydroxylation is 1.